The molecular formula is C18H26N2O2. The van der Waals surface area contributed by atoms with Crippen LogP contribution in [-0.2, 0) is 6.54 Å². The van der Waals surface area contributed by atoms with Gasteiger partial charge in [0.15, 0.2) is 0 Å². The normalized spacial score (nSPS) is 25.9. The lowest BCUT2D eigenvalue weighted by molar-refractivity contribution is 0.0949. The van der Waals surface area contributed by atoms with Crippen LogP contribution >= 0.6 is 0 Å². The predicted molar refractivity (Wildman–Crippen MR) is 86.6 cm³/mol. The van der Waals surface area contributed by atoms with Crippen LogP contribution in [0.1, 0.15) is 42.1 Å². The maximum atomic E-state index is 12.1. The Labute approximate surface area is 132 Å². The molecule has 2 atom stereocenters. The Morgan fingerprint density at radius 1 is 1.27 bits per heavy atom. The molecule has 1 aliphatic heterocycles. The van der Waals surface area contributed by atoms with Gasteiger partial charge in [-0.2, -0.15) is 0 Å². The van der Waals surface area contributed by atoms with E-state index in [2.05, 4.69) is 29.3 Å². The minimum Gasteiger partial charge on any atom is -0.396 e. The van der Waals surface area contributed by atoms with Crippen LogP contribution in [0.3, 0.4) is 0 Å². The molecular weight excluding hydrogens is 276 g/mol. The number of aliphatic hydroxyl groups is 1. The Bertz CT molecular complexity index is 506. The molecule has 4 nitrogen and oxygen atoms in total. The standard InChI is InChI=1S/C18H26N2O2/c1-13-10-17(13)19-18(22)16-4-2-14(3-5-16)11-20-8-6-15(12-21)7-9-20/h2-5,13,15,17,21H,6-12H2,1H3,(H,19,22). The smallest absolute Gasteiger partial charge is 0.251 e. The van der Waals surface area contributed by atoms with E-state index in [0.29, 0.717) is 24.5 Å². The number of carbonyl (C=O) groups excluding carboxylic acids is 1. The Morgan fingerprint density at radius 2 is 1.91 bits per heavy atom. The number of hydrogen-bond acceptors (Lipinski definition) is 3. The number of hydrogen-bond donors (Lipinski definition) is 2. The van der Waals surface area contributed by atoms with E-state index in [1.165, 1.54) is 5.56 Å². The molecule has 120 valence electrons. The van der Waals surface area contributed by atoms with Crippen LogP contribution in [-0.4, -0.2) is 41.7 Å². The summed E-state index contributed by atoms with van der Waals surface area (Å²) in [5, 5.41) is 12.2. The van der Waals surface area contributed by atoms with Crippen LogP contribution in [0.5, 0.6) is 0 Å². The minimum atomic E-state index is 0.0460. The second-order valence-electron chi connectivity index (χ2n) is 6.89. The van der Waals surface area contributed by atoms with E-state index in [-0.39, 0.29) is 5.91 Å². The summed E-state index contributed by atoms with van der Waals surface area (Å²) < 4.78 is 0. The average molecular weight is 302 g/mol. The first-order chi connectivity index (χ1) is 10.7. The zero-order chi connectivity index (χ0) is 15.5. The second-order valence-corrected chi connectivity index (χ2v) is 6.89. The number of piperidine rings is 1. The number of likely N-dealkylation sites (tertiary alicyclic amines) is 1. The molecule has 2 aliphatic rings. The highest BCUT2D eigenvalue weighted by Gasteiger charge is 2.33. The van der Waals surface area contributed by atoms with Crippen LogP contribution < -0.4 is 5.32 Å². The van der Waals surface area contributed by atoms with Gasteiger partial charge in [0, 0.05) is 24.8 Å². The fourth-order valence-electron chi connectivity index (χ4n) is 3.12. The summed E-state index contributed by atoms with van der Waals surface area (Å²) in [6, 6.07) is 8.35. The molecule has 4 heteroatoms. The molecule has 3 rings (SSSR count). The van der Waals surface area contributed by atoms with Crippen molar-refractivity contribution in [2.45, 2.75) is 38.8 Å². The lowest BCUT2D eigenvalue weighted by Gasteiger charge is -2.31. The molecule has 1 amide bonds. The van der Waals surface area contributed by atoms with Crippen molar-refractivity contribution >= 4 is 5.91 Å². The average Bonchev–Trinajstić information content (AvgIpc) is 3.23. The van der Waals surface area contributed by atoms with Gasteiger partial charge in [-0.1, -0.05) is 19.1 Å². The van der Waals surface area contributed by atoms with Gasteiger partial charge in [0.05, 0.1) is 0 Å². The summed E-state index contributed by atoms with van der Waals surface area (Å²) in [5.41, 5.74) is 2.00. The molecule has 0 bridgehead atoms. The highest BCUT2D eigenvalue weighted by molar-refractivity contribution is 5.94. The number of aliphatic hydroxyl groups excluding tert-OH is 1. The van der Waals surface area contributed by atoms with Gasteiger partial charge < -0.3 is 10.4 Å². The molecule has 0 aromatic heterocycles. The number of benzene rings is 1. The maximum absolute atomic E-state index is 12.1. The van der Waals surface area contributed by atoms with Gasteiger partial charge in [-0.25, -0.2) is 0 Å². The summed E-state index contributed by atoms with van der Waals surface area (Å²) >= 11 is 0. The van der Waals surface area contributed by atoms with Gasteiger partial charge in [-0.15, -0.1) is 0 Å². The summed E-state index contributed by atoms with van der Waals surface area (Å²) in [5.74, 6) is 1.15. The highest BCUT2D eigenvalue weighted by Crippen LogP contribution is 2.29. The number of carbonyl (C=O) groups is 1. The summed E-state index contributed by atoms with van der Waals surface area (Å²) in [6.07, 6.45) is 3.26. The lowest BCUT2D eigenvalue weighted by Crippen LogP contribution is -2.34. The molecule has 1 saturated heterocycles. The van der Waals surface area contributed by atoms with E-state index in [0.717, 1.165) is 44.5 Å². The van der Waals surface area contributed by atoms with Crippen LogP contribution in [0.4, 0.5) is 0 Å². The molecule has 1 aromatic rings. The van der Waals surface area contributed by atoms with E-state index in [9.17, 15) is 9.90 Å². The first-order valence-corrected chi connectivity index (χ1v) is 8.38. The first-order valence-electron chi connectivity index (χ1n) is 8.38. The third kappa shape index (κ3) is 3.87. The van der Waals surface area contributed by atoms with Gasteiger partial charge in [-0.05, 0) is 61.9 Å². The lowest BCUT2D eigenvalue weighted by atomic mass is 9.97. The fourth-order valence-corrected chi connectivity index (χ4v) is 3.12. The van der Waals surface area contributed by atoms with Crippen LogP contribution in [0.15, 0.2) is 24.3 Å². The van der Waals surface area contributed by atoms with Gasteiger partial charge in [0.2, 0.25) is 0 Å². The van der Waals surface area contributed by atoms with Crippen molar-refractivity contribution in [3.63, 3.8) is 0 Å². The quantitative estimate of drug-likeness (QED) is 0.875. The zero-order valence-electron chi connectivity index (χ0n) is 13.3. The number of rotatable bonds is 5. The predicted octanol–water partition coefficient (Wildman–Crippen LogP) is 2.03. The molecule has 1 aromatic carbocycles. The monoisotopic (exact) mass is 302 g/mol. The van der Waals surface area contributed by atoms with Crippen molar-refractivity contribution in [2.75, 3.05) is 19.7 Å². The molecule has 0 radical (unpaired) electrons. The Hall–Kier alpha value is -1.39. The molecule has 2 N–H and O–H groups in total. The van der Waals surface area contributed by atoms with E-state index >= 15 is 0 Å². The molecule has 22 heavy (non-hydrogen) atoms. The molecule has 2 fully saturated rings. The maximum Gasteiger partial charge on any atom is 0.251 e. The van der Waals surface area contributed by atoms with Crippen molar-refractivity contribution in [2.24, 2.45) is 11.8 Å². The van der Waals surface area contributed by atoms with E-state index in [1.807, 2.05) is 12.1 Å². The van der Waals surface area contributed by atoms with Crippen LogP contribution in [0.2, 0.25) is 0 Å². The Balaban J connectivity index is 1.50. The third-order valence-corrected chi connectivity index (χ3v) is 5.01. The Morgan fingerprint density at radius 3 is 2.45 bits per heavy atom. The van der Waals surface area contributed by atoms with Crippen molar-refractivity contribution in [3.05, 3.63) is 35.4 Å². The summed E-state index contributed by atoms with van der Waals surface area (Å²) in [7, 11) is 0. The van der Waals surface area contributed by atoms with E-state index < -0.39 is 0 Å². The minimum absolute atomic E-state index is 0.0460. The molecule has 1 aliphatic carbocycles. The topological polar surface area (TPSA) is 52.6 Å². The Kier molecular flexibility index (Phi) is 4.79. The molecule has 1 saturated carbocycles. The van der Waals surface area contributed by atoms with Gasteiger partial charge >= 0.3 is 0 Å². The SMILES string of the molecule is CC1CC1NC(=O)c1ccc(CN2CCC(CO)CC2)cc1. The zero-order valence-corrected chi connectivity index (χ0v) is 13.3. The summed E-state index contributed by atoms with van der Waals surface area (Å²) in [4.78, 5) is 14.5. The van der Waals surface area contributed by atoms with Gasteiger partial charge in [0.25, 0.3) is 5.91 Å². The van der Waals surface area contributed by atoms with Gasteiger partial charge in [0.1, 0.15) is 0 Å². The largest absolute Gasteiger partial charge is 0.396 e. The number of nitrogens with one attached hydrogen (secondary N) is 1. The van der Waals surface area contributed by atoms with Crippen molar-refractivity contribution in [1.82, 2.24) is 10.2 Å². The first kappa shape index (κ1) is 15.5. The van der Waals surface area contributed by atoms with Crippen molar-refractivity contribution in [1.29, 1.82) is 0 Å². The highest BCUT2D eigenvalue weighted by atomic mass is 16.3. The second kappa shape index (κ2) is 6.80. The van der Waals surface area contributed by atoms with Crippen molar-refractivity contribution < 1.29 is 9.90 Å². The van der Waals surface area contributed by atoms with Gasteiger partial charge in [-0.3, -0.25) is 9.69 Å². The fraction of sp³-hybridized carbons (Fsp3) is 0.611. The summed E-state index contributed by atoms with van der Waals surface area (Å²) in [6.45, 7) is 5.51. The van der Waals surface area contributed by atoms with E-state index in [4.69, 9.17) is 0 Å². The molecule has 0 spiro atoms. The third-order valence-electron chi connectivity index (χ3n) is 5.01. The number of nitrogens with zero attached hydrogens (tertiary/aromatic N) is 1. The number of amides is 1. The van der Waals surface area contributed by atoms with Crippen LogP contribution in [0, 0.1) is 11.8 Å². The van der Waals surface area contributed by atoms with Crippen molar-refractivity contribution in [3.8, 4) is 0 Å². The molecule has 2 unspecified atom stereocenters. The van der Waals surface area contributed by atoms with E-state index in [1.54, 1.807) is 0 Å². The van der Waals surface area contributed by atoms with Crippen LogP contribution in [0.25, 0.3) is 0 Å². The molecule has 1 heterocycles.